The van der Waals surface area contributed by atoms with Crippen LogP contribution in [-0.4, -0.2) is 59.4 Å². The normalized spacial score (nSPS) is 18.0. The number of carbonyl (C=O) groups is 1. The first-order valence-corrected chi connectivity index (χ1v) is 12.4. The number of aromatic nitrogens is 3. The van der Waals surface area contributed by atoms with Gasteiger partial charge in [0.2, 0.25) is 5.91 Å². The standard InChI is InChI=1S/C25H30F3N7O2.H2S/c1-15-16(4-2-5-17(15)25(26,27)28)12-21-20(14-31-24(36)19-6-3-7-30-19)32-23-18(29)13-22(33-35(21)23)34-8-10-37-11-9-34;/h2,4-5,13,19,30H,3,6-12,14,29H2,1H3,(H,31,36);1H2/t19-;/m1./s1. The van der Waals surface area contributed by atoms with Gasteiger partial charge >= 0.3 is 6.18 Å². The number of amides is 1. The van der Waals surface area contributed by atoms with Crippen molar-refractivity contribution in [2.45, 2.75) is 44.9 Å². The van der Waals surface area contributed by atoms with Crippen molar-refractivity contribution >= 4 is 36.6 Å². The number of imidazole rings is 1. The highest BCUT2D eigenvalue weighted by Crippen LogP contribution is 2.34. The lowest BCUT2D eigenvalue weighted by Crippen LogP contribution is -2.40. The van der Waals surface area contributed by atoms with E-state index in [1.165, 1.54) is 13.0 Å². The maximum Gasteiger partial charge on any atom is 0.416 e. The Morgan fingerprint density at radius 3 is 2.74 bits per heavy atom. The third kappa shape index (κ3) is 5.69. The molecule has 13 heteroatoms. The molecule has 2 aliphatic heterocycles. The third-order valence-corrected chi connectivity index (χ3v) is 7.03. The zero-order valence-electron chi connectivity index (χ0n) is 21.1. The molecule has 0 bridgehead atoms. The largest absolute Gasteiger partial charge is 0.416 e. The van der Waals surface area contributed by atoms with Gasteiger partial charge in [0.25, 0.3) is 0 Å². The van der Waals surface area contributed by atoms with Crippen LogP contribution in [0.1, 0.15) is 40.9 Å². The quantitative estimate of drug-likeness (QED) is 0.432. The maximum atomic E-state index is 13.6. The van der Waals surface area contributed by atoms with Crippen molar-refractivity contribution in [3.05, 3.63) is 52.3 Å². The van der Waals surface area contributed by atoms with E-state index in [1.807, 2.05) is 4.90 Å². The van der Waals surface area contributed by atoms with E-state index in [0.29, 0.717) is 60.4 Å². The van der Waals surface area contributed by atoms with E-state index >= 15 is 0 Å². The Morgan fingerprint density at radius 2 is 2.05 bits per heavy atom. The number of hydrogen-bond donors (Lipinski definition) is 3. The highest BCUT2D eigenvalue weighted by molar-refractivity contribution is 7.59. The molecule has 2 aromatic heterocycles. The van der Waals surface area contributed by atoms with Gasteiger partial charge in [0.05, 0.1) is 48.4 Å². The fourth-order valence-corrected chi connectivity index (χ4v) is 4.95. The Hall–Kier alpha value is -3.03. The minimum absolute atomic E-state index is 0. The minimum atomic E-state index is -4.46. The Labute approximate surface area is 225 Å². The topological polar surface area (TPSA) is 110 Å². The van der Waals surface area contributed by atoms with Gasteiger partial charge in [0, 0.05) is 25.6 Å². The van der Waals surface area contributed by atoms with Gasteiger partial charge in [-0.1, -0.05) is 12.1 Å². The molecule has 0 aliphatic carbocycles. The SMILES string of the molecule is Cc1c(Cc2c(CNC(=O)[C@H]3CCCN3)nc3c(N)cc(N4CCOCC4)nn23)cccc1C(F)(F)F.S. The Balaban J connectivity index is 0.00000336. The number of rotatable bonds is 6. The van der Waals surface area contributed by atoms with Crippen molar-refractivity contribution in [1.82, 2.24) is 25.2 Å². The van der Waals surface area contributed by atoms with Gasteiger partial charge in [-0.15, -0.1) is 5.10 Å². The van der Waals surface area contributed by atoms with E-state index in [9.17, 15) is 18.0 Å². The summed E-state index contributed by atoms with van der Waals surface area (Å²) in [4.78, 5) is 19.4. The first-order valence-electron chi connectivity index (χ1n) is 12.4. The Bertz CT molecular complexity index is 1300. The molecule has 4 N–H and O–H groups in total. The summed E-state index contributed by atoms with van der Waals surface area (Å²) in [5, 5.41) is 10.9. The number of nitrogen functional groups attached to an aromatic ring is 1. The predicted octanol–water partition coefficient (Wildman–Crippen LogP) is 2.55. The zero-order chi connectivity index (χ0) is 26.2. The van der Waals surface area contributed by atoms with Gasteiger partial charge in [-0.2, -0.15) is 26.7 Å². The molecule has 0 unspecified atom stereocenters. The molecule has 5 rings (SSSR count). The number of hydrogen-bond acceptors (Lipinski definition) is 7. The lowest BCUT2D eigenvalue weighted by atomic mass is 9.98. The number of alkyl halides is 3. The number of morpholine rings is 1. The van der Waals surface area contributed by atoms with Gasteiger partial charge in [-0.3, -0.25) is 4.79 Å². The molecule has 2 saturated heterocycles. The van der Waals surface area contributed by atoms with E-state index in [0.717, 1.165) is 25.5 Å². The first kappa shape index (κ1) is 28.0. The molecule has 4 heterocycles. The van der Waals surface area contributed by atoms with Crippen LogP contribution < -0.4 is 21.3 Å². The molecule has 38 heavy (non-hydrogen) atoms. The highest BCUT2D eigenvalue weighted by Gasteiger charge is 2.33. The molecule has 1 atom stereocenters. The number of nitrogens with zero attached hydrogens (tertiary/aromatic N) is 4. The number of anilines is 2. The van der Waals surface area contributed by atoms with Gasteiger partial charge < -0.3 is 26.0 Å². The van der Waals surface area contributed by atoms with Gasteiger partial charge in [0.1, 0.15) is 0 Å². The second kappa shape index (κ2) is 11.4. The van der Waals surface area contributed by atoms with Crippen LogP contribution in [0, 0.1) is 6.92 Å². The smallest absolute Gasteiger partial charge is 0.396 e. The molecule has 9 nitrogen and oxygen atoms in total. The van der Waals surface area contributed by atoms with Crippen LogP contribution in [-0.2, 0) is 28.7 Å². The average Bonchev–Trinajstić information content (AvgIpc) is 3.53. The summed E-state index contributed by atoms with van der Waals surface area (Å²) >= 11 is 0. The fourth-order valence-electron chi connectivity index (χ4n) is 4.95. The molecular weight excluding hydrogens is 519 g/mol. The summed E-state index contributed by atoms with van der Waals surface area (Å²) in [7, 11) is 0. The summed E-state index contributed by atoms with van der Waals surface area (Å²) in [6, 6.07) is 5.64. The van der Waals surface area contributed by atoms with Crippen LogP contribution in [0.25, 0.3) is 5.65 Å². The van der Waals surface area contributed by atoms with E-state index in [2.05, 4.69) is 15.6 Å². The van der Waals surface area contributed by atoms with Crippen molar-refractivity contribution in [3.8, 4) is 0 Å². The van der Waals surface area contributed by atoms with E-state index in [1.54, 1.807) is 16.6 Å². The number of halogens is 3. The molecule has 0 spiro atoms. The summed E-state index contributed by atoms with van der Waals surface area (Å²) in [6.45, 7) is 4.78. The van der Waals surface area contributed by atoms with E-state index in [-0.39, 0.29) is 44.0 Å². The lowest BCUT2D eigenvalue weighted by Gasteiger charge is -2.27. The molecule has 1 amide bonds. The van der Waals surface area contributed by atoms with Gasteiger partial charge in [-0.05, 0) is 43.5 Å². The van der Waals surface area contributed by atoms with Crippen LogP contribution in [0.5, 0.6) is 0 Å². The van der Waals surface area contributed by atoms with Crippen LogP contribution in [0.2, 0.25) is 0 Å². The summed E-state index contributed by atoms with van der Waals surface area (Å²) in [5.74, 6) is 0.504. The van der Waals surface area contributed by atoms with Gasteiger partial charge in [-0.25, -0.2) is 9.50 Å². The number of fused-ring (bicyclic) bond motifs is 1. The first-order chi connectivity index (χ1) is 17.7. The maximum absolute atomic E-state index is 13.6. The zero-order valence-corrected chi connectivity index (χ0v) is 22.1. The summed E-state index contributed by atoms with van der Waals surface area (Å²) < 4.78 is 47.8. The number of nitrogens with one attached hydrogen (secondary N) is 2. The molecular formula is C25H32F3N7O2S. The Kier molecular flexibility index (Phi) is 8.38. The summed E-state index contributed by atoms with van der Waals surface area (Å²) in [5.41, 5.74) is 8.24. The molecule has 206 valence electrons. The van der Waals surface area contributed by atoms with Gasteiger partial charge in [0.15, 0.2) is 11.5 Å². The second-order valence-corrected chi connectivity index (χ2v) is 9.43. The second-order valence-electron chi connectivity index (χ2n) is 9.43. The summed E-state index contributed by atoms with van der Waals surface area (Å²) in [6.07, 6.45) is -2.64. The van der Waals surface area contributed by atoms with Crippen LogP contribution in [0.4, 0.5) is 24.7 Å². The van der Waals surface area contributed by atoms with Crippen LogP contribution in [0.3, 0.4) is 0 Å². The average molecular weight is 552 g/mol. The molecule has 2 aliphatic rings. The Morgan fingerprint density at radius 1 is 1.29 bits per heavy atom. The predicted molar refractivity (Wildman–Crippen MR) is 143 cm³/mol. The van der Waals surface area contributed by atoms with Crippen molar-refractivity contribution in [2.75, 3.05) is 43.5 Å². The monoisotopic (exact) mass is 551 g/mol. The van der Waals surface area contributed by atoms with Crippen molar-refractivity contribution in [3.63, 3.8) is 0 Å². The van der Waals surface area contributed by atoms with Crippen molar-refractivity contribution < 1.29 is 22.7 Å². The minimum Gasteiger partial charge on any atom is -0.396 e. The molecule has 3 aromatic rings. The molecule has 0 saturated carbocycles. The van der Waals surface area contributed by atoms with E-state index in [4.69, 9.17) is 15.6 Å². The van der Waals surface area contributed by atoms with Crippen LogP contribution >= 0.6 is 13.5 Å². The van der Waals surface area contributed by atoms with Crippen LogP contribution in [0.15, 0.2) is 24.3 Å². The fraction of sp³-hybridized carbons (Fsp3) is 0.480. The van der Waals surface area contributed by atoms with Crippen molar-refractivity contribution in [2.24, 2.45) is 0 Å². The van der Waals surface area contributed by atoms with Crippen molar-refractivity contribution in [1.29, 1.82) is 0 Å². The number of benzene rings is 1. The third-order valence-electron chi connectivity index (χ3n) is 7.03. The molecule has 1 aromatic carbocycles. The number of carbonyl (C=O) groups excluding carboxylic acids is 1. The molecule has 2 fully saturated rings. The number of nitrogens with two attached hydrogens (primary N) is 1. The van der Waals surface area contributed by atoms with E-state index < -0.39 is 11.7 Å². The molecule has 0 radical (unpaired) electrons. The lowest BCUT2D eigenvalue weighted by molar-refractivity contribution is -0.138. The highest BCUT2D eigenvalue weighted by atomic mass is 32.1. The number of ether oxygens (including phenoxy) is 1.